The minimum absolute atomic E-state index is 0.288. The van der Waals surface area contributed by atoms with Gasteiger partial charge in [-0.3, -0.25) is 0 Å². The van der Waals surface area contributed by atoms with Gasteiger partial charge in [0.2, 0.25) is 0 Å². The van der Waals surface area contributed by atoms with E-state index < -0.39 is 0 Å². The first-order valence-electron chi connectivity index (χ1n) is 7.11. The van der Waals surface area contributed by atoms with E-state index in [1.54, 1.807) is 0 Å². The molecule has 3 N–H and O–H groups in total. The molecule has 0 amide bonds. The van der Waals surface area contributed by atoms with Crippen LogP contribution in [0.15, 0.2) is 36.4 Å². The van der Waals surface area contributed by atoms with Crippen LogP contribution in [0.3, 0.4) is 0 Å². The summed E-state index contributed by atoms with van der Waals surface area (Å²) in [5.41, 5.74) is 8.43. The minimum Gasteiger partial charge on any atom is -0.328 e. The highest BCUT2D eigenvalue weighted by atomic mass is 14.8. The smallest absolute Gasteiger partial charge is 0.00225 e. The zero-order valence-electron chi connectivity index (χ0n) is 11.9. The van der Waals surface area contributed by atoms with Gasteiger partial charge in [0.25, 0.3) is 0 Å². The fraction of sp³-hybridized carbons (Fsp3) is 0.412. The first-order chi connectivity index (χ1) is 9.15. The van der Waals surface area contributed by atoms with Crippen LogP contribution in [0.4, 0.5) is 0 Å². The number of hydrogen-bond acceptors (Lipinski definition) is 2. The Bertz CT molecular complexity index is 532. The molecule has 2 heteroatoms. The zero-order valence-corrected chi connectivity index (χ0v) is 11.9. The summed E-state index contributed by atoms with van der Waals surface area (Å²) in [4.78, 5) is 0. The third-order valence-corrected chi connectivity index (χ3v) is 3.43. The lowest BCUT2D eigenvalue weighted by Crippen LogP contribution is -2.25. The van der Waals surface area contributed by atoms with E-state index in [0.717, 1.165) is 25.9 Å². The van der Waals surface area contributed by atoms with Crippen molar-refractivity contribution in [2.75, 3.05) is 13.1 Å². The van der Waals surface area contributed by atoms with Crippen LogP contribution in [0.25, 0.3) is 10.8 Å². The molecule has 0 aliphatic rings. The number of hydrogen-bond donors (Lipinski definition) is 2. The Morgan fingerprint density at radius 3 is 2.58 bits per heavy atom. The summed E-state index contributed by atoms with van der Waals surface area (Å²) < 4.78 is 0. The molecule has 1 atom stereocenters. The van der Waals surface area contributed by atoms with Crippen LogP contribution in [-0.4, -0.2) is 19.1 Å². The van der Waals surface area contributed by atoms with E-state index in [4.69, 9.17) is 5.73 Å². The maximum absolute atomic E-state index is 5.72. The number of rotatable bonds is 6. The van der Waals surface area contributed by atoms with Crippen molar-refractivity contribution in [2.45, 2.75) is 32.7 Å². The molecule has 0 aliphatic carbocycles. The maximum atomic E-state index is 5.72. The molecular formula is C17H24N2. The monoisotopic (exact) mass is 256 g/mol. The Morgan fingerprint density at radius 1 is 1.05 bits per heavy atom. The first kappa shape index (κ1) is 14.0. The third-order valence-electron chi connectivity index (χ3n) is 3.43. The molecule has 1 unspecified atom stereocenters. The molecule has 102 valence electrons. The van der Waals surface area contributed by atoms with Gasteiger partial charge in [-0.15, -0.1) is 0 Å². The second kappa shape index (κ2) is 6.69. The predicted molar refractivity (Wildman–Crippen MR) is 83.5 cm³/mol. The molecule has 2 rings (SSSR count). The summed E-state index contributed by atoms with van der Waals surface area (Å²) in [6.45, 7) is 6.21. The van der Waals surface area contributed by atoms with Gasteiger partial charge in [-0.05, 0) is 56.1 Å². The van der Waals surface area contributed by atoms with Crippen LogP contribution in [0.5, 0.6) is 0 Å². The Hall–Kier alpha value is -1.38. The predicted octanol–water partition coefficient (Wildman–Crippen LogP) is 3.02. The molecule has 0 saturated carbocycles. The lowest BCUT2D eigenvalue weighted by molar-refractivity contribution is 0.590. The van der Waals surface area contributed by atoms with Gasteiger partial charge >= 0.3 is 0 Å². The molecule has 19 heavy (non-hydrogen) atoms. The average molecular weight is 256 g/mol. The molecule has 0 aromatic heterocycles. The van der Waals surface area contributed by atoms with Crippen LogP contribution in [0.1, 0.15) is 24.5 Å². The average Bonchev–Trinajstić information content (AvgIpc) is 2.38. The van der Waals surface area contributed by atoms with E-state index in [0.29, 0.717) is 0 Å². The number of fused-ring (bicyclic) bond motifs is 1. The second-order valence-electron chi connectivity index (χ2n) is 5.45. The number of aryl methyl sites for hydroxylation is 1. The second-order valence-corrected chi connectivity index (χ2v) is 5.45. The highest BCUT2D eigenvalue weighted by Gasteiger charge is 1.98. The number of nitrogens with one attached hydrogen (secondary N) is 1. The van der Waals surface area contributed by atoms with Crippen molar-refractivity contribution in [1.82, 2.24) is 5.32 Å². The molecule has 0 radical (unpaired) electrons. The molecule has 0 aliphatic heterocycles. The van der Waals surface area contributed by atoms with Crippen molar-refractivity contribution in [2.24, 2.45) is 5.73 Å². The van der Waals surface area contributed by atoms with Crippen molar-refractivity contribution in [3.05, 3.63) is 47.5 Å². The van der Waals surface area contributed by atoms with E-state index in [1.807, 2.05) is 6.92 Å². The highest BCUT2D eigenvalue weighted by Crippen LogP contribution is 2.17. The van der Waals surface area contributed by atoms with Crippen LogP contribution < -0.4 is 11.1 Å². The third kappa shape index (κ3) is 4.34. The molecule has 0 saturated heterocycles. The van der Waals surface area contributed by atoms with Crippen LogP contribution in [-0.2, 0) is 6.42 Å². The van der Waals surface area contributed by atoms with E-state index >= 15 is 0 Å². The van der Waals surface area contributed by atoms with E-state index in [1.165, 1.54) is 21.9 Å². The molecule has 0 fully saturated rings. The summed E-state index contributed by atoms with van der Waals surface area (Å²) in [6, 6.07) is 13.7. The number of nitrogens with two attached hydrogens (primary N) is 1. The standard InChI is InChI=1S/C17H24N2/c1-13-3-5-17-12-15(4-6-16(17)11-13)8-10-19-9-7-14(2)18/h3-6,11-12,14,19H,7-10,18H2,1-2H3. The van der Waals surface area contributed by atoms with E-state index in [2.05, 4.69) is 48.6 Å². The molecule has 2 nitrogen and oxygen atoms in total. The van der Waals surface area contributed by atoms with Crippen molar-refractivity contribution in [3.63, 3.8) is 0 Å². The molecule has 0 heterocycles. The Balaban J connectivity index is 1.89. The van der Waals surface area contributed by atoms with E-state index in [-0.39, 0.29) is 6.04 Å². The van der Waals surface area contributed by atoms with Crippen LogP contribution in [0.2, 0.25) is 0 Å². The molecule has 0 bridgehead atoms. The summed E-state index contributed by atoms with van der Waals surface area (Å²) in [6.07, 6.45) is 2.11. The summed E-state index contributed by atoms with van der Waals surface area (Å²) in [5, 5.41) is 6.10. The fourth-order valence-corrected chi connectivity index (χ4v) is 2.26. The van der Waals surface area contributed by atoms with Crippen LogP contribution in [0, 0.1) is 6.92 Å². The topological polar surface area (TPSA) is 38.0 Å². The number of benzene rings is 2. The van der Waals surface area contributed by atoms with Gasteiger partial charge in [-0.2, -0.15) is 0 Å². The van der Waals surface area contributed by atoms with Gasteiger partial charge in [-0.25, -0.2) is 0 Å². The lowest BCUT2D eigenvalue weighted by Gasteiger charge is -2.08. The molecule has 2 aromatic rings. The van der Waals surface area contributed by atoms with Gasteiger partial charge < -0.3 is 11.1 Å². The van der Waals surface area contributed by atoms with Crippen molar-refractivity contribution in [1.29, 1.82) is 0 Å². The first-order valence-corrected chi connectivity index (χ1v) is 7.11. The molecule has 2 aromatic carbocycles. The van der Waals surface area contributed by atoms with Gasteiger partial charge in [-0.1, -0.05) is 42.0 Å². The molecule has 0 spiro atoms. The Morgan fingerprint density at radius 2 is 1.79 bits per heavy atom. The summed E-state index contributed by atoms with van der Waals surface area (Å²) in [5.74, 6) is 0. The van der Waals surface area contributed by atoms with E-state index in [9.17, 15) is 0 Å². The molecular weight excluding hydrogens is 232 g/mol. The van der Waals surface area contributed by atoms with Crippen molar-refractivity contribution >= 4 is 10.8 Å². The highest BCUT2D eigenvalue weighted by molar-refractivity contribution is 5.83. The quantitative estimate of drug-likeness (QED) is 0.780. The fourth-order valence-electron chi connectivity index (χ4n) is 2.26. The SMILES string of the molecule is Cc1ccc2cc(CCNCCC(C)N)ccc2c1. The zero-order chi connectivity index (χ0) is 13.7. The largest absolute Gasteiger partial charge is 0.328 e. The summed E-state index contributed by atoms with van der Waals surface area (Å²) >= 11 is 0. The maximum Gasteiger partial charge on any atom is 0.00225 e. The lowest BCUT2D eigenvalue weighted by atomic mass is 10.0. The van der Waals surface area contributed by atoms with Crippen molar-refractivity contribution < 1.29 is 0 Å². The van der Waals surface area contributed by atoms with Crippen molar-refractivity contribution in [3.8, 4) is 0 Å². The normalized spacial score (nSPS) is 12.8. The van der Waals surface area contributed by atoms with Gasteiger partial charge in [0, 0.05) is 6.04 Å². The summed E-state index contributed by atoms with van der Waals surface area (Å²) in [7, 11) is 0. The van der Waals surface area contributed by atoms with Gasteiger partial charge in [0.15, 0.2) is 0 Å². The Kier molecular flexibility index (Phi) is 4.94. The Labute approximate surface area is 116 Å². The van der Waals surface area contributed by atoms with Gasteiger partial charge in [0.1, 0.15) is 0 Å². The van der Waals surface area contributed by atoms with Crippen LogP contribution >= 0.6 is 0 Å². The minimum atomic E-state index is 0.288. The van der Waals surface area contributed by atoms with Gasteiger partial charge in [0.05, 0.1) is 0 Å².